The number of benzene rings is 3. The van der Waals surface area contributed by atoms with E-state index in [0.717, 1.165) is 5.69 Å². The summed E-state index contributed by atoms with van der Waals surface area (Å²) < 4.78 is 42.3. The van der Waals surface area contributed by atoms with Crippen molar-refractivity contribution in [2.75, 3.05) is 37.7 Å². The predicted molar refractivity (Wildman–Crippen MR) is 114 cm³/mol. The first-order valence-electron chi connectivity index (χ1n) is 10.2. The van der Waals surface area contributed by atoms with E-state index in [0.29, 0.717) is 31.7 Å². The van der Waals surface area contributed by atoms with Crippen molar-refractivity contribution in [2.24, 2.45) is 0 Å². The molecule has 1 fully saturated rings. The smallest absolute Gasteiger partial charge is 0.422 e. The standard InChI is InChI=1S/C24H23F3N2O2/c25-24(26,27)17-31-22-8-4-3-7-20(22)16-23(30)29-13-11-28(12-14-29)21-10-9-18-5-1-2-6-19(18)15-21/h1-10,15H,11-14,16-17H2. The van der Waals surface area contributed by atoms with E-state index in [4.69, 9.17) is 4.74 Å². The van der Waals surface area contributed by atoms with Gasteiger partial charge in [-0.25, -0.2) is 0 Å². The van der Waals surface area contributed by atoms with Gasteiger partial charge in [-0.2, -0.15) is 13.2 Å². The molecule has 0 aromatic heterocycles. The summed E-state index contributed by atoms with van der Waals surface area (Å²) >= 11 is 0. The number of anilines is 1. The van der Waals surface area contributed by atoms with Crippen LogP contribution < -0.4 is 9.64 Å². The van der Waals surface area contributed by atoms with Gasteiger partial charge < -0.3 is 14.5 Å². The van der Waals surface area contributed by atoms with Crippen molar-refractivity contribution in [3.05, 3.63) is 72.3 Å². The van der Waals surface area contributed by atoms with Crippen LogP contribution in [0.1, 0.15) is 5.56 Å². The van der Waals surface area contributed by atoms with E-state index >= 15 is 0 Å². The molecule has 7 heteroatoms. The van der Waals surface area contributed by atoms with E-state index in [9.17, 15) is 18.0 Å². The number of amides is 1. The SMILES string of the molecule is O=C(Cc1ccccc1OCC(F)(F)F)N1CCN(c2ccc3ccccc3c2)CC1. The van der Waals surface area contributed by atoms with Crippen LogP contribution in [0.15, 0.2) is 66.7 Å². The Labute approximate surface area is 178 Å². The van der Waals surface area contributed by atoms with Gasteiger partial charge in [-0.05, 0) is 29.0 Å². The summed E-state index contributed by atoms with van der Waals surface area (Å²) in [7, 11) is 0. The van der Waals surface area contributed by atoms with Gasteiger partial charge in [0.05, 0.1) is 6.42 Å². The van der Waals surface area contributed by atoms with Crippen LogP contribution in [0.25, 0.3) is 10.8 Å². The van der Waals surface area contributed by atoms with Crippen molar-refractivity contribution in [3.63, 3.8) is 0 Å². The molecule has 0 bridgehead atoms. The van der Waals surface area contributed by atoms with E-state index in [2.05, 4.69) is 35.2 Å². The molecule has 1 saturated heterocycles. The molecule has 4 nitrogen and oxygen atoms in total. The number of carbonyl (C=O) groups is 1. The van der Waals surface area contributed by atoms with E-state index in [1.54, 1.807) is 23.1 Å². The lowest BCUT2D eigenvalue weighted by atomic mass is 10.1. The second kappa shape index (κ2) is 8.88. The minimum absolute atomic E-state index is 0.0179. The van der Waals surface area contributed by atoms with Gasteiger partial charge in [0.15, 0.2) is 6.61 Å². The highest BCUT2D eigenvalue weighted by Crippen LogP contribution is 2.25. The van der Waals surface area contributed by atoms with Gasteiger partial charge in [0.25, 0.3) is 0 Å². The molecular formula is C24H23F3N2O2. The van der Waals surface area contributed by atoms with Crippen molar-refractivity contribution in [3.8, 4) is 5.75 Å². The minimum Gasteiger partial charge on any atom is -0.484 e. The van der Waals surface area contributed by atoms with Crippen molar-refractivity contribution in [1.82, 2.24) is 4.90 Å². The first-order valence-corrected chi connectivity index (χ1v) is 10.2. The third-order valence-corrected chi connectivity index (χ3v) is 5.44. The van der Waals surface area contributed by atoms with Crippen molar-refractivity contribution in [2.45, 2.75) is 12.6 Å². The summed E-state index contributed by atoms with van der Waals surface area (Å²) in [6.45, 7) is 1.17. The van der Waals surface area contributed by atoms with Gasteiger partial charge in [-0.1, -0.05) is 48.5 Å². The molecule has 0 aliphatic carbocycles. The molecule has 3 aromatic rings. The third kappa shape index (κ3) is 5.29. The summed E-state index contributed by atoms with van der Waals surface area (Å²) in [5.41, 5.74) is 1.59. The fourth-order valence-electron chi connectivity index (χ4n) is 3.81. The number of hydrogen-bond acceptors (Lipinski definition) is 3. The van der Waals surface area contributed by atoms with Crippen LogP contribution in [0.5, 0.6) is 5.75 Å². The van der Waals surface area contributed by atoms with Crippen LogP contribution in [-0.4, -0.2) is 49.8 Å². The summed E-state index contributed by atoms with van der Waals surface area (Å²) in [6.07, 6.45) is -4.40. The lowest BCUT2D eigenvalue weighted by molar-refractivity contribution is -0.153. The average Bonchev–Trinajstić information content (AvgIpc) is 2.78. The number of hydrogen-bond donors (Lipinski definition) is 0. The predicted octanol–water partition coefficient (Wildman–Crippen LogP) is 4.67. The molecule has 162 valence electrons. The highest BCUT2D eigenvalue weighted by atomic mass is 19.4. The molecule has 4 rings (SSSR count). The molecule has 1 aliphatic heterocycles. The number of halogens is 3. The maximum atomic E-state index is 12.8. The Hall–Kier alpha value is -3.22. The molecule has 3 aromatic carbocycles. The Morgan fingerprint density at radius 3 is 2.29 bits per heavy atom. The van der Waals surface area contributed by atoms with Gasteiger partial charge in [-0.3, -0.25) is 4.79 Å². The lowest BCUT2D eigenvalue weighted by Crippen LogP contribution is -2.49. The maximum Gasteiger partial charge on any atom is 0.422 e. The van der Waals surface area contributed by atoms with Crippen molar-refractivity contribution < 1.29 is 22.7 Å². The maximum absolute atomic E-state index is 12.8. The van der Waals surface area contributed by atoms with E-state index in [-0.39, 0.29) is 18.1 Å². The van der Waals surface area contributed by atoms with Crippen LogP contribution in [0.2, 0.25) is 0 Å². The van der Waals surface area contributed by atoms with Crippen LogP contribution in [0.3, 0.4) is 0 Å². The van der Waals surface area contributed by atoms with E-state index < -0.39 is 12.8 Å². The Morgan fingerprint density at radius 1 is 0.871 bits per heavy atom. The fourth-order valence-corrected chi connectivity index (χ4v) is 3.81. The second-order valence-electron chi connectivity index (χ2n) is 7.59. The summed E-state index contributed by atoms with van der Waals surface area (Å²) in [6, 6.07) is 20.9. The normalized spacial score (nSPS) is 14.7. The second-order valence-corrected chi connectivity index (χ2v) is 7.59. The highest BCUT2D eigenvalue weighted by Gasteiger charge is 2.29. The molecule has 0 unspecified atom stereocenters. The van der Waals surface area contributed by atoms with Crippen LogP contribution in [0, 0.1) is 0 Å². The molecule has 0 N–H and O–H groups in total. The molecular weight excluding hydrogens is 405 g/mol. The van der Waals surface area contributed by atoms with Gasteiger partial charge in [0.2, 0.25) is 5.91 Å². The van der Waals surface area contributed by atoms with Gasteiger partial charge >= 0.3 is 6.18 Å². The van der Waals surface area contributed by atoms with E-state index in [1.165, 1.54) is 16.8 Å². The first-order chi connectivity index (χ1) is 14.9. The molecule has 0 radical (unpaired) electrons. The van der Waals surface area contributed by atoms with Crippen molar-refractivity contribution >= 4 is 22.4 Å². The topological polar surface area (TPSA) is 32.8 Å². The van der Waals surface area contributed by atoms with Crippen LogP contribution in [-0.2, 0) is 11.2 Å². The number of fused-ring (bicyclic) bond motifs is 1. The van der Waals surface area contributed by atoms with E-state index in [1.807, 2.05) is 12.1 Å². The quantitative estimate of drug-likeness (QED) is 0.592. The van der Waals surface area contributed by atoms with Crippen LogP contribution in [0.4, 0.5) is 18.9 Å². The zero-order chi connectivity index (χ0) is 21.8. The minimum atomic E-state index is -4.42. The first kappa shape index (κ1) is 21.0. The number of piperazine rings is 1. The molecule has 31 heavy (non-hydrogen) atoms. The Morgan fingerprint density at radius 2 is 1.55 bits per heavy atom. The zero-order valence-electron chi connectivity index (χ0n) is 16.9. The fraction of sp³-hybridized carbons (Fsp3) is 0.292. The Bertz CT molecular complexity index is 1060. The number of para-hydroxylation sites is 1. The molecule has 0 atom stereocenters. The average molecular weight is 428 g/mol. The molecule has 0 saturated carbocycles. The summed E-state index contributed by atoms with van der Waals surface area (Å²) in [5.74, 6) is -0.0100. The Balaban J connectivity index is 1.36. The molecule has 1 amide bonds. The third-order valence-electron chi connectivity index (χ3n) is 5.44. The Kier molecular flexibility index (Phi) is 6.02. The summed E-state index contributed by atoms with van der Waals surface area (Å²) in [4.78, 5) is 16.8. The number of alkyl halides is 3. The lowest BCUT2D eigenvalue weighted by Gasteiger charge is -2.36. The zero-order valence-corrected chi connectivity index (χ0v) is 16.9. The largest absolute Gasteiger partial charge is 0.484 e. The number of carbonyl (C=O) groups excluding carboxylic acids is 1. The molecule has 1 heterocycles. The van der Waals surface area contributed by atoms with Gasteiger partial charge in [0.1, 0.15) is 5.75 Å². The van der Waals surface area contributed by atoms with Crippen molar-refractivity contribution in [1.29, 1.82) is 0 Å². The van der Waals surface area contributed by atoms with Gasteiger partial charge in [0, 0.05) is 37.4 Å². The highest BCUT2D eigenvalue weighted by molar-refractivity contribution is 5.86. The van der Waals surface area contributed by atoms with Crippen LogP contribution >= 0.6 is 0 Å². The number of nitrogens with zero attached hydrogens (tertiary/aromatic N) is 2. The molecule has 0 spiro atoms. The molecule has 1 aliphatic rings. The number of ether oxygens (including phenoxy) is 1. The number of rotatable bonds is 5. The van der Waals surface area contributed by atoms with Gasteiger partial charge in [-0.15, -0.1) is 0 Å². The summed E-state index contributed by atoms with van der Waals surface area (Å²) in [5, 5.41) is 2.36. The monoisotopic (exact) mass is 428 g/mol.